The lowest BCUT2D eigenvalue weighted by molar-refractivity contribution is 0.156. The van der Waals surface area contributed by atoms with E-state index >= 15 is 0 Å². The summed E-state index contributed by atoms with van der Waals surface area (Å²) in [7, 11) is 0. The Bertz CT molecular complexity index is 504. The van der Waals surface area contributed by atoms with E-state index in [1.807, 2.05) is 0 Å². The molecule has 1 N–H and O–H groups in total. The van der Waals surface area contributed by atoms with Gasteiger partial charge in [0.1, 0.15) is 5.82 Å². The summed E-state index contributed by atoms with van der Waals surface area (Å²) in [5, 5.41) is 4.34. The molecule has 3 unspecified atom stereocenters. The first-order valence-corrected chi connectivity index (χ1v) is 8.65. The van der Waals surface area contributed by atoms with Crippen LogP contribution in [0.3, 0.4) is 0 Å². The van der Waals surface area contributed by atoms with Crippen LogP contribution in [-0.4, -0.2) is 13.1 Å². The van der Waals surface area contributed by atoms with Gasteiger partial charge in [0.2, 0.25) is 0 Å². The molecule has 2 bridgehead atoms. The van der Waals surface area contributed by atoms with Crippen molar-refractivity contribution < 1.29 is 4.39 Å². The van der Waals surface area contributed by atoms with E-state index < -0.39 is 0 Å². The number of benzene rings is 1. The standard InChI is InChI=1S/C18H25ClFN/c1-2-7-21-12-18(10-13-3-4-15(18)8-13)11-14-9-16(20)5-6-17(14)19/h5-6,9,13,15,21H,2-4,7-8,10-12H2,1H3. The van der Waals surface area contributed by atoms with Gasteiger partial charge in [-0.2, -0.15) is 0 Å². The normalized spacial score (nSPS) is 31.0. The highest BCUT2D eigenvalue weighted by molar-refractivity contribution is 6.31. The first kappa shape index (κ1) is 15.3. The van der Waals surface area contributed by atoms with Gasteiger partial charge in [0.05, 0.1) is 0 Å². The maximum atomic E-state index is 13.6. The monoisotopic (exact) mass is 309 g/mol. The summed E-state index contributed by atoms with van der Waals surface area (Å²) < 4.78 is 13.6. The van der Waals surface area contributed by atoms with Crippen LogP contribution in [0.25, 0.3) is 0 Å². The minimum atomic E-state index is -0.172. The minimum absolute atomic E-state index is 0.172. The maximum Gasteiger partial charge on any atom is 0.123 e. The van der Waals surface area contributed by atoms with Crippen LogP contribution in [0.15, 0.2) is 18.2 Å². The lowest BCUT2D eigenvalue weighted by Gasteiger charge is -2.38. The minimum Gasteiger partial charge on any atom is -0.316 e. The third kappa shape index (κ3) is 3.12. The van der Waals surface area contributed by atoms with Gasteiger partial charge >= 0.3 is 0 Å². The fourth-order valence-electron chi connectivity index (χ4n) is 4.63. The smallest absolute Gasteiger partial charge is 0.123 e. The topological polar surface area (TPSA) is 12.0 Å². The summed E-state index contributed by atoms with van der Waals surface area (Å²) in [5.41, 5.74) is 1.28. The Balaban J connectivity index is 1.81. The Hall–Kier alpha value is -0.600. The van der Waals surface area contributed by atoms with Gasteiger partial charge in [-0.3, -0.25) is 0 Å². The van der Waals surface area contributed by atoms with Crippen molar-refractivity contribution in [3.8, 4) is 0 Å². The van der Waals surface area contributed by atoms with Gasteiger partial charge in [-0.1, -0.05) is 24.9 Å². The fraction of sp³-hybridized carbons (Fsp3) is 0.667. The average Bonchev–Trinajstić information content (AvgIpc) is 3.04. The van der Waals surface area contributed by atoms with Crippen molar-refractivity contribution in [2.24, 2.45) is 17.3 Å². The first-order valence-electron chi connectivity index (χ1n) is 8.27. The van der Waals surface area contributed by atoms with Gasteiger partial charge in [-0.05, 0) is 79.7 Å². The molecule has 2 aliphatic carbocycles. The van der Waals surface area contributed by atoms with E-state index in [1.54, 1.807) is 12.1 Å². The summed E-state index contributed by atoms with van der Waals surface area (Å²) in [5.74, 6) is 1.49. The number of halogens is 2. The highest BCUT2D eigenvalue weighted by Crippen LogP contribution is 2.57. The van der Waals surface area contributed by atoms with Gasteiger partial charge in [0, 0.05) is 11.6 Å². The summed E-state index contributed by atoms with van der Waals surface area (Å²) >= 11 is 6.31. The molecule has 0 amide bonds. The molecule has 1 aromatic rings. The lowest BCUT2D eigenvalue weighted by atomic mass is 9.69. The molecular weight excluding hydrogens is 285 g/mol. The van der Waals surface area contributed by atoms with Crippen molar-refractivity contribution >= 4 is 11.6 Å². The average molecular weight is 310 g/mol. The Morgan fingerprint density at radius 2 is 2.24 bits per heavy atom. The molecule has 1 aromatic carbocycles. The molecule has 2 aliphatic rings. The third-order valence-corrected chi connectivity index (χ3v) is 5.93. The third-order valence-electron chi connectivity index (χ3n) is 5.56. The quantitative estimate of drug-likeness (QED) is 0.742. The van der Waals surface area contributed by atoms with Crippen molar-refractivity contribution in [1.82, 2.24) is 5.32 Å². The molecule has 0 aromatic heterocycles. The van der Waals surface area contributed by atoms with E-state index in [0.717, 1.165) is 43.3 Å². The van der Waals surface area contributed by atoms with Gasteiger partial charge < -0.3 is 5.32 Å². The molecule has 0 spiro atoms. The molecule has 21 heavy (non-hydrogen) atoms. The Labute approximate surface area is 132 Å². The summed E-state index contributed by atoms with van der Waals surface area (Å²) in [6, 6.07) is 4.79. The highest BCUT2D eigenvalue weighted by atomic mass is 35.5. The Morgan fingerprint density at radius 1 is 1.38 bits per heavy atom. The van der Waals surface area contributed by atoms with Crippen molar-refractivity contribution in [2.45, 2.75) is 45.4 Å². The zero-order valence-electron chi connectivity index (χ0n) is 12.8. The molecule has 3 rings (SSSR count). The van der Waals surface area contributed by atoms with Crippen molar-refractivity contribution in [3.63, 3.8) is 0 Å². The zero-order chi connectivity index (χ0) is 14.9. The van der Waals surface area contributed by atoms with Crippen molar-refractivity contribution in [1.29, 1.82) is 0 Å². The molecule has 3 heteroatoms. The van der Waals surface area contributed by atoms with Crippen LogP contribution in [0.4, 0.5) is 4.39 Å². The molecule has 1 nitrogen and oxygen atoms in total. The van der Waals surface area contributed by atoms with Crippen LogP contribution in [-0.2, 0) is 6.42 Å². The number of rotatable bonds is 6. The first-order chi connectivity index (χ1) is 10.1. The molecule has 0 heterocycles. The van der Waals surface area contributed by atoms with Crippen LogP contribution < -0.4 is 5.32 Å². The molecule has 0 saturated heterocycles. The SMILES string of the molecule is CCCNCC1(Cc2cc(F)ccc2Cl)CC2CCC1C2. The molecule has 3 atom stereocenters. The van der Waals surface area contributed by atoms with E-state index in [0.29, 0.717) is 5.02 Å². The van der Waals surface area contributed by atoms with Crippen molar-refractivity contribution in [3.05, 3.63) is 34.6 Å². The van der Waals surface area contributed by atoms with E-state index in [-0.39, 0.29) is 11.2 Å². The van der Waals surface area contributed by atoms with Crippen LogP contribution in [0.2, 0.25) is 5.02 Å². The predicted octanol–water partition coefficient (Wildman–Crippen LogP) is 4.83. The zero-order valence-corrected chi connectivity index (χ0v) is 13.6. The van der Waals surface area contributed by atoms with Crippen molar-refractivity contribution in [2.75, 3.05) is 13.1 Å². The molecular formula is C18H25ClFN. The Kier molecular flexibility index (Phi) is 4.56. The Morgan fingerprint density at radius 3 is 2.90 bits per heavy atom. The number of hydrogen-bond acceptors (Lipinski definition) is 1. The molecule has 2 saturated carbocycles. The van der Waals surface area contributed by atoms with Gasteiger partial charge in [-0.15, -0.1) is 0 Å². The second kappa shape index (κ2) is 6.26. The van der Waals surface area contributed by atoms with Gasteiger partial charge in [0.25, 0.3) is 0 Å². The lowest BCUT2D eigenvalue weighted by Crippen LogP contribution is -2.40. The number of fused-ring (bicyclic) bond motifs is 2. The number of hydrogen-bond donors (Lipinski definition) is 1. The van der Waals surface area contributed by atoms with E-state index in [4.69, 9.17) is 11.6 Å². The summed E-state index contributed by atoms with van der Waals surface area (Å²) in [6.45, 7) is 4.31. The second-order valence-electron chi connectivity index (χ2n) is 7.03. The summed E-state index contributed by atoms with van der Waals surface area (Å²) in [4.78, 5) is 0. The number of nitrogens with one attached hydrogen (secondary N) is 1. The molecule has 2 fully saturated rings. The van der Waals surface area contributed by atoms with Crippen LogP contribution in [0.5, 0.6) is 0 Å². The molecule has 0 radical (unpaired) electrons. The largest absolute Gasteiger partial charge is 0.316 e. The van der Waals surface area contributed by atoms with Crippen LogP contribution in [0.1, 0.15) is 44.6 Å². The van der Waals surface area contributed by atoms with Crippen LogP contribution >= 0.6 is 11.6 Å². The fourth-order valence-corrected chi connectivity index (χ4v) is 4.81. The van der Waals surface area contributed by atoms with Gasteiger partial charge in [0.15, 0.2) is 0 Å². The van der Waals surface area contributed by atoms with E-state index in [9.17, 15) is 4.39 Å². The summed E-state index contributed by atoms with van der Waals surface area (Å²) in [6.07, 6.45) is 7.44. The van der Waals surface area contributed by atoms with Crippen LogP contribution in [0, 0.1) is 23.1 Å². The predicted molar refractivity (Wildman–Crippen MR) is 86.2 cm³/mol. The van der Waals surface area contributed by atoms with E-state index in [2.05, 4.69) is 12.2 Å². The highest BCUT2D eigenvalue weighted by Gasteiger charge is 2.50. The molecule has 0 aliphatic heterocycles. The maximum absolute atomic E-state index is 13.6. The van der Waals surface area contributed by atoms with Gasteiger partial charge in [-0.25, -0.2) is 4.39 Å². The molecule has 116 valence electrons. The van der Waals surface area contributed by atoms with E-state index in [1.165, 1.54) is 31.7 Å². The second-order valence-corrected chi connectivity index (χ2v) is 7.44.